The normalized spacial score (nSPS) is 19.0. The Bertz CT molecular complexity index is 498. The van der Waals surface area contributed by atoms with Crippen LogP contribution in [0.1, 0.15) is 45.4 Å². The zero-order valence-electron chi connectivity index (χ0n) is 16.3. The molecule has 1 saturated carbocycles. The van der Waals surface area contributed by atoms with Gasteiger partial charge in [-0.2, -0.15) is 0 Å². The van der Waals surface area contributed by atoms with Crippen LogP contribution in [-0.2, 0) is 9.59 Å². The summed E-state index contributed by atoms with van der Waals surface area (Å²) in [6.07, 6.45) is 6.16. The van der Waals surface area contributed by atoms with Gasteiger partial charge >= 0.3 is 0 Å². The molecule has 1 aliphatic carbocycles. The average Bonchev–Trinajstić information content (AvgIpc) is 3.28. The van der Waals surface area contributed by atoms with Crippen LogP contribution >= 0.6 is 24.0 Å². The van der Waals surface area contributed by atoms with E-state index in [4.69, 9.17) is 0 Å². The number of nitrogens with zero attached hydrogens (tertiary/aromatic N) is 3. The summed E-state index contributed by atoms with van der Waals surface area (Å²) in [5, 5.41) is 6.49. The zero-order chi connectivity index (χ0) is 18.3. The van der Waals surface area contributed by atoms with Crippen molar-refractivity contribution >= 4 is 41.8 Å². The summed E-state index contributed by atoms with van der Waals surface area (Å²) in [5.74, 6) is 0.879. The van der Waals surface area contributed by atoms with E-state index in [9.17, 15) is 9.59 Å². The first kappa shape index (κ1) is 23.0. The number of carbonyl (C=O) groups is 2. The quantitative estimate of drug-likeness (QED) is 0.344. The number of amides is 2. The fourth-order valence-electron chi connectivity index (χ4n) is 3.80. The standard InChI is InChI=1S/C18H33N5O2.HI/c1-4-19-17(20-13-15(24)23-11-7-8-12-23)21-14-18(9-5-6-10-18)16(25)22(2)3;/h4-14H2,1-3H3,(H2,19,20,21);1H. The van der Waals surface area contributed by atoms with E-state index >= 15 is 0 Å². The number of guanidine groups is 1. The van der Waals surface area contributed by atoms with Gasteiger partial charge in [0, 0.05) is 40.3 Å². The van der Waals surface area contributed by atoms with E-state index in [-0.39, 0.29) is 47.8 Å². The molecule has 2 N–H and O–H groups in total. The van der Waals surface area contributed by atoms with Gasteiger partial charge in [0.25, 0.3) is 0 Å². The Kier molecular flexibility index (Phi) is 9.67. The fraction of sp³-hybridized carbons (Fsp3) is 0.833. The molecule has 0 aromatic heterocycles. The van der Waals surface area contributed by atoms with E-state index in [1.807, 2.05) is 25.9 Å². The zero-order valence-corrected chi connectivity index (χ0v) is 18.7. The second-order valence-electron chi connectivity index (χ2n) is 7.32. The minimum atomic E-state index is -0.349. The van der Waals surface area contributed by atoms with Crippen molar-refractivity contribution in [3.63, 3.8) is 0 Å². The second-order valence-corrected chi connectivity index (χ2v) is 7.32. The predicted octanol–water partition coefficient (Wildman–Crippen LogP) is 1.43. The Hall–Kier alpha value is -1.06. The van der Waals surface area contributed by atoms with Crippen LogP contribution in [0.3, 0.4) is 0 Å². The van der Waals surface area contributed by atoms with Crippen molar-refractivity contribution in [1.82, 2.24) is 20.4 Å². The number of hydrogen-bond donors (Lipinski definition) is 2. The Labute approximate surface area is 174 Å². The van der Waals surface area contributed by atoms with Crippen LogP contribution in [-0.4, -0.2) is 74.4 Å². The molecular weight excluding hydrogens is 445 g/mol. The number of carbonyl (C=O) groups excluding carboxylic acids is 2. The molecule has 0 bridgehead atoms. The molecule has 2 fully saturated rings. The topological polar surface area (TPSA) is 77.0 Å². The lowest BCUT2D eigenvalue weighted by Crippen LogP contribution is -2.49. The van der Waals surface area contributed by atoms with Gasteiger partial charge in [-0.1, -0.05) is 12.8 Å². The molecule has 2 rings (SSSR count). The van der Waals surface area contributed by atoms with Gasteiger partial charge in [0.1, 0.15) is 6.54 Å². The number of nitrogens with one attached hydrogen (secondary N) is 2. The maximum Gasteiger partial charge on any atom is 0.244 e. The first-order valence-corrected chi connectivity index (χ1v) is 9.50. The minimum absolute atomic E-state index is 0. The summed E-state index contributed by atoms with van der Waals surface area (Å²) in [6.45, 7) is 5.13. The average molecular weight is 479 g/mol. The molecule has 0 spiro atoms. The van der Waals surface area contributed by atoms with Gasteiger partial charge in [-0.3, -0.25) is 9.59 Å². The van der Waals surface area contributed by atoms with Gasteiger partial charge in [-0.25, -0.2) is 4.99 Å². The third-order valence-electron chi connectivity index (χ3n) is 5.19. The van der Waals surface area contributed by atoms with Crippen molar-refractivity contribution < 1.29 is 9.59 Å². The fourth-order valence-corrected chi connectivity index (χ4v) is 3.80. The number of likely N-dealkylation sites (tertiary alicyclic amines) is 1. The number of rotatable bonds is 6. The summed E-state index contributed by atoms with van der Waals surface area (Å²) in [6, 6.07) is 0. The van der Waals surface area contributed by atoms with Crippen LogP contribution in [0.4, 0.5) is 0 Å². The van der Waals surface area contributed by atoms with E-state index in [0.717, 1.165) is 58.2 Å². The number of halogens is 1. The van der Waals surface area contributed by atoms with E-state index in [0.29, 0.717) is 12.5 Å². The molecule has 7 nitrogen and oxygen atoms in total. The van der Waals surface area contributed by atoms with Crippen LogP contribution in [0.2, 0.25) is 0 Å². The summed E-state index contributed by atoms with van der Waals surface area (Å²) in [4.78, 5) is 32.8. The molecular formula is C18H34IN5O2. The first-order valence-electron chi connectivity index (χ1n) is 9.50. The smallest absolute Gasteiger partial charge is 0.244 e. The summed E-state index contributed by atoms with van der Waals surface area (Å²) < 4.78 is 0. The van der Waals surface area contributed by atoms with Crippen molar-refractivity contribution in [2.45, 2.75) is 45.4 Å². The molecule has 2 amide bonds. The Morgan fingerprint density at radius 1 is 1.08 bits per heavy atom. The van der Waals surface area contributed by atoms with Gasteiger partial charge in [-0.05, 0) is 32.6 Å². The van der Waals surface area contributed by atoms with Gasteiger partial charge in [-0.15, -0.1) is 24.0 Å². The highest BCUT2D eigenvalue weighted by Gasteiger charge is 2.42. The summed E-state index contributed by atoms with van der Waals surface area (Å²) in [5.41, 5.74) is -0.349. The highest BCUT2D eigenvalue weighted by molar-refractivity contribution is 14.0. The molecule has 0 atom stereocenters. The number of hydrogen-bond acceptors (Lipinski definition) is 3. The maximum absolute atomic E-state index is 12.6. The van der Waals surface area contributed by atoms with E-state index in [1.54, 1.807) is 4.90 Å². The molecule has 26 heavy (non-hydrogen) atoms. The molecule has 0 aromatic carbocycles. The third kappa shape index (κ3) is 5.99. The third-order valence-corrected chi connectivity index (χ3v) is 5.19. The van der Waals surface area contributed by atoms with Crippen LogP contribution < -0.4 is 10.6 Å². The first-order chi connectivity index (χ1) is 12.0. The largest absolute Gasteiger partial charge is 0.357 e. The van der Waals surface area contributed by atoms with Crippen LogP contribution in [0.25, 0.3) is 0 Å². The molecule has 2 aliphatic rings. The molecule has 1 aliphatic heterocycles. The minimum Gasteiger partial charge on any atom is -0.357 e. The lowest BCUT2D eigenvalue weighted by atomic mass is 9.84. The monoisotopic (exact) mass is 479 g/mol. The van der Waals surface area contributed by atoms with Gasteiger partial charge in [0.05, 0.1) is 5.41 Å². The Morgan fingerprint density at radius 2 is 1.69 bits per heavy atom. The summed E-state index contributed by atoms with van der Waals surface area (Å²) >= 11 is 0. The van der Waals surface area contributed by atoms with Gasteiger partial charge in [0.15, 0.2) is 5.96 Å². The van der Waals surface area contributed by atoms with Crippen molar-refractivity contribution in [2.75, 3.05) is 46.8 Å². The molecule has 8 heteroatoms. The molecule has 0 radical (unpaired) electrons. The SMILES string of the molecule is CCNC(=NCC(=O)N1CCCC1)NCC1(C(=O)N(C)C)CCCC1.I. The molecule has 150 valence electrons. The molecule has 1 heterocycles. The van der Waals surface area contributed by atoms with Crippen LogP contribution in [0.15, 0.2) is 4.99 Å². The summed E-state index contributed by atoms with van der Waals surface area (Å²) in [7, 11) is 3.63. The van der Waals surface area contributed by atoms with Crippen molar-refractivity contribution in [3.05, 3.63) is 0 Å². The highest BCUT2D eigenvalue weighted by Crippen LogP contribution is 2.38. The van der Waals surface area contributed by atoms with Crippen molar-refractivity contribution in [2.24, 2.45) is 10.4 Å². The highest BCUT2D eigenvalue weighted by atomic mass is 127. The van der Waals surface area contributed by atoms with Crippen LogP contribution in [0.5, 0.6) is 0 Å². The molecule has 1 saturated heterocycles. The van der Waals surface area contributed by atoms with Gasteiger partial charge < -0.3 is 20.4 Å². The Balaban J connectivity index is 0.00000338. The maximum atomic E-state index is 12.6. The molecule has 0 unspecified atom stereocenters. The van der Waals surface area contributed by atoms with Crippen molar-refractivity contribution in [1.29, 1.82) is 0 Å². The van der Waals surface area contributed by atoms with Gasteiger partial charge in [0.2, 0.25) is 11.8 Å². The Morgan fingerprint density at radius 3 is 2.23 bits per heavy atom. The van der Waals surface area contributed by atoms with Crippen molar-refractivity contribution in [3.8, 4) is 0 Å². The number of aliphatic imine (C=N–C) groups is 1. The lowest BCUT2D eigenvalue weighted by Gasteiger charge is -2.31. The van der Waals surface area contributed by atoms with E-state index < -0.39 is 0 Å². The molecule has 0 aromatic rings. The van der Waals surface area contributed by atoms with E-state index in [2.05, 4.69) is 15.6 Å². The van der Waals surface area contributed by atoms with Crippen LogP contribution in [0, 0.1) is 5.41 Å². The van der Waals surface area contributed by atoms with E-state index in [1.165, 1.54) is 0 Å². The predicted molar refractivity (Wildman–Crippen MR) is 115 cm³/mol. The second kappa shape index (κ2) is 10.9. The lowest BCUT2D eigenvalue weighted by molar-refractivity contribution is -0.138.